The lowest BCUT2D eigenvalue weighted by molar-refractivity contribution is -0.926. The molecule has 0 aliphatic carbocycles. The van der Waals surface area contributed by atoms with Gasteiger partial charge in [0.15, 0.2) is 5.82 Å². The molecule has 0 saturated carbocycles. The molecule has 100 heavy (non-hydrogen) atoms. The zero-order valence-electron chi connectivity index (χ0n) is 57.2. The van der Waals surface area contributed by atoms with Crippen molar-refractivity contribution in [2.75, 3.05) is 72.0 Å². The van der Waals surface area contributed by atoms with Crippen molar-refractivity contribution in [2.45, 2.75) is 104 Å². The van der Waals surface area contributed by atoms with Crippen molar-refractivity contribution in [3.63, 3.8) is 0 Å². The highest BCUT2D eigenvalue weighted by atomic mass is 35.5. The molecule has 0 spiro atoms. The molecule has 1 fully saturated rings. The van der Waals surface area contributed by atoms with E-state index in [0.29, 0.717) is 113 Å². The Bertz CT molecular complexity index is 4250. The van der Waals surface area contributed by atoms with Crippen LogP contribution < -0.4 is 45.9 Å². The Kier molecular flexibility index (Phi) is 25.4. The second kappa shape index (κ2) is 34.2. The highest BCUT2D eigenvalue weighted by molar-refractivity contribution is 7.22. The van der Waals surface area contributed by atoms with Gasteiger partial charge in [-0.3, -0.25) is 14.5 Å². The lowest BCUT2D eigenvalue weighted by Crippen LogP contribution is -2.57. The Morgan fingerprint density at radius 2 is 1.60 bits per heavy atom. The van der Waals surface area contributed by atoms with Crippen molar-refractivity contribution in [3.05, 3.63) is 161 Å². The molecule has 26 heteroatoms. The van der Waals surface area contributed by atoms with Crippen LogP contribution in [0.3, 0.4) is 0 Å². The number of terminal acetylenes is 1. The number of ether oxygens (including phenoxy) is 6. The SMILES string of the molecule is C#CCOCc1cc(NC(=O)C(CCCNC(N)=O)NC(=O)C(NC(=O)OC(C)(C)C)C(C)C)ccc1C[N+]1(C)CCN(CCOc2ccc(-c3c(-c4ccc(F)cc4)sc4ncnc(O[C@H](Cc5ccccc5OCc5ccnc(-c6ccccc6OC)n5)C(=O)O)c34)c(C)c2Cl)CC1. The summed E-state index contributed by atoms with van der Waals surface area (Å²) in [7, 11) is 3.78. The standard InChI is InChI=1S/C74H83ClFN11O12S/c1-10-37-95-42-50-39-52(83-67(88)56(18-15-30-79-72(77)92)84-68(89)64(45(2)3)85-73(93)99-74(5,6)7)26-23-49(50)41-87(8)35-32-86(33-36-87)34-38-96-59-28-27-54(46(4)63(59)75)61-62-69(80-44-81-70(62)100-65(61)47-21-24-51(76)25-22-47)98-60(71(90)91)40-48-16-11-13-19-57(48)97-43-53-29-31-78-66(82-53)55-17-12-14-20-58(55)94-9/h1,11-14,16-17,19-29,31,39,44-45,56,60,64H,15,18,30,32-38,40-43H2,2-9H3,(H6-,77,79,83,84,85,88,89,90,91,92,93)/p+1/t56?,60-,64?/m1/s1. The molecule has 0 bridgehead atoms. The zero-order valence-corrected chi connectivity index (χ0v) is 58.8. The molecule has 526 valence electrons. The number of quaternary nitrogens is 1. The van der Waals surface area contributed by atoms with Crippen molar-refractivity contribution in [2.24, 2.45) is 11.7 Å². The van der Waals surface area contributed by atoms with Crippen LogP contribution in [0.4, 0.5) is 19.7 Å². The van der Waals surface area contributed by atoms with E-state index >= 15 is 0 Å². The van der Waals surface area contributed by atoms with Gasteiger partial charge in [0.25, 0.3) is 0 Å². The van der Waals surface area contributed by atoms with Gasteiger partial charge >= 0.3 is 18.1 Å². The van der Waals surface area contributed by atoms with E-state index in [4.69, 9.17) is 57.2 Å². The molecule has 5 aromatic carbocycles. The monoisotopic (exact) mass is 1400 g/mol. The highest BCUT2D eigenvalue weighted by Crippen LogP contribution is 2.50. The lowest BCUT2D eigenvalue weighted by Gasteiger charge is -2.42. The van der Waals surface area contributed by atoms with Gasteiger partial charge in [-0.05, 0) is 129 Å². The maximum atomic E-state index is 14.5. The van der Waals surface area contributed by atoms with Gasteiger partial charge in [-0.25, -0.2) is 38.7 Å². The van der Waals surface area contributed by atoms with Gasteiger partial charge in [-0.15, -0.1) is 17.8 Å². The third-order valence-corrected chi connectivity index (χ3v) is 18.4. The van der Waals surface area contributed by atoms with E-state index in [9.17, 15) is 33.5 Å². The van der Waals surface area contributed by atoms with E-state index in [1.54, 1.807) is 103 Å². The smallest absolute Gasteiger partial charge is 0.408 e. The second-order valence-electron chi connectivity index (χ2n) is 25.8. The summed E-state index contributed by atoms with van der Waals surface area (Å²) < 4.78 is 51.2. The normalized spacial score (nSPS) is 13.9. The predicted molar refractivity (Wildman–Crippen MR) is 380 cm³/mol. The number of methoxy groups -OCH3 is 1. The van der Waals surface area contributed by atoms with Crippen LogP contribution in [0.5, 0.6) is 23.1 Å². The van der Waals surface area contributed by atoms with Crippen molar-refractivity contribution in [1.29, 1.82) is 0 Å². The van der Waals surface area contributed by atoms with Crippen LogP contribution in [0, 0.1) is 31.0 Å². The summed E-state index contributed by atoms with van der Waals surface area (Å²) >= 11 is 8.59. The minimum absolute atomic E-state index is 0.0228. The lowest BCUT2D eigenvalue weighted by atomic mass is 9.96. The maximum absolute atomic E-state index is 14.5. The number of nitrogens with zero attached hydrogens (tertiary/aromatic N) is 6. The minimum Gasteiger partial charge on any atom is -0.496 e. The number of nitrogens with two attached hydrogens (primary N) is 1. The van der Waals surface area contributed by atoms with Gasteiger partial charge in [0, 0.05) is 60.5 Å². The second-order valence-corrected chi connectivity index (χ2v) is 27.2. The summed E-state index contributed by atoms with van der Waals surface area (Å²) in [6.45, 7) is 15.7. The van der Waals surface area contributed by atoms with E-state index in [2.05, 4.69) is 54.1 Å². The number of hydrogen-bond acceptors (Lipinski definition) is 17. The first-order valence-electron chi connectivity index (χ1n) is 32.7. The average molecular weight is 1410 g/mol. The first-order chi connectivity index (χ1) is 47.9. The average Bonchev–Trinajstić information content (AvgIpc) is 1.58. The predicted octanol–water partition coefficient (Wildman–Crippen LogP) is 11.2. The first kappa shape index (κ1) is 74.3. The molecule has 0 radical (unpaired) electrons. The topological polar surface area (TPSA) is 290 Å². The van der Waals surface area contributed by atoms with Crippen LogP contribution in [-0.2, 0) is 50.0 Å². The van der Waals surface area contributed by atoms with Crippen LogP contribution in [0.25, 0.3) is 43.2 Å². The van der Waals surface area contributed by atoms with E-state index in [1.165, 1.54) is 29.8 Å². The number of alkyl carbamates (subject to hydrolysis) is 1. The number of aromatic nitrogens is 4. The van der Waals surface area contributed by atoms with Crippen molar-refractivity contribution in [3.8, 4) is 68.4 Å². The highest BCUT2D eigenvalue weighted by Gasteiger charge is 2.34. The summed E-state index contributed by atoms with van der Waals surface area (Å²) in [5.74, 6) is 1.39. The molecule has 3 aromatic heterocycles. The third kappa shape index (κ3) is 19.9. The molecule has 2 unspecified atom stereocenters. The van der Waals surface area contributed by atoms with Gasteiger partial charge in [0.1, 0.15) is 78.3 Å². The number of halogens is 2. The molecule has 1 saturated heterocycles. The summed E-state index contributed by atoms with van der Waals surface area (Å²) in [5.41, 5.74) is 11.3. The summed E-state index contributed by atoms with van der Waals surface area (Å²) in [5, 5.41) is 22.5. The molecule has 1 aliphatic rings. The Morgan fingerprint density at radius 1 is 0.860 bits per heavy atom. The number of primary amides is 1. The quantitative estimate of drug-likeness (QED) is 0.0134. The number of fused-ring (bicyclic) bond motifs is 1. The number of carbonyl (C=O) groups is 5. The number of rotatable bonds is 31. The number of carboxylic acids is 1. The molecule has 9 rings (SSSR count). The number of benzene rings is 5. The number of hydrogen-bond donors (Lipinski definition) is 6. The van der Waals surface area contributed by atoms with Gasteiger partial charge in [0.05, 0.1) is 55.5 Å². The fourth-order valence-electron chi connectivity index (χ4n) is 11.5. The molecule has 7 N–H and O–H groups in total. The van der Waals surface area contributed by atoms with Crippen LogP contribution in [0.1, 0.15) is 75.4 Å². The number of thiophene rings is 1. The number of para-hydroxylation sites is 2. The molecular weight excluding hydrogens is 1320 g/mol. The molecular formula is C74H84ClFN11O12S+. The molecule has 23 nitrogen and oxygen atoms in total. The van der Waals surface area contributed by atoms with E-state index in [-0.39, 0.29) is 51.0 Å². The number of amides is 5. The van der Waals surface area contributed by atoms with Crippen LogP contribution >= 0.6 is 22.9 Å². The number of nitrogens with one attached hydrogen (secondary N) is 4. The zero-order chi connectivity index (χ0) is 71.7. The fourth-order valence-corrected chi connectivity index (χ4v) is 12.9. The van der Waals surface area contributed by atoms with Gasteiger partial charge in [0.2, 0.25) is 23.8 Å². The summed E-state index contributed by atoms with van der Waals surface area (Å²) in [4.78, 5) is 87.2. The Hall–Kier alpha value is -9.97. The Balaban J connectivity index is 0.862. The minimum atomic E-state index is -1.45. The van der Waals surface area contributed by atoms with Crippen LogP contribution in [-0.4, -0.2) is 155 Å². The Labute approximate surface area is 589 Å². The van der Waals surface area contributed by atoms with E-state index in [1.807, 2.05) is 49.4 Å². The molecule has 5 amide bonds. The van der Waals surface area contributed by atoms with Crippen LogP contribution in [0.2, 0.25) is 5.02 Å². The molecule has 3 atom stereocenters. The largest absolute Gasteiger partial charge is 0.496 e. The van der Waals surface area contributed by atoms with Gasteiger partial charge in [-0.1, -0.05) is 86.0 Å². The van der Waals surface area contributed by atoms with Gasteiger partial charge in [-0.2, -0.15) is 0 Å². The number of anilines is 1. The molecule has 4 heterocycles. The number of urea groups is 1. The molecule has 8 aromatic rings. The van der Waals surface area contributed by atoms with Crippen molar-refractivity contribution >= 4 is 68.7 Å². The van der Waals surface area contributed by atoms with Crippen LogP contribution in [0.15, 0.2) is 122 Å². The van der Waals surface area contributed by atoms with E-state index in [0.717, 1.165) is 42.9 Å². The number of carbonyl (C=O) groups excluding carboxylic acids is 4. The number of aliphatic carboxylic acids is 1. The summed E-state index contributed by atoms with van der Waals surface area (Å²) in [6.07, 6.45) is 6.65. The number of piperazine rings is 1. The van der Waals surface area contributed by atoms with E-state index < -0.39 is 59.5 Å². The van der Waals surface area contributed by atoms with Crippen molar-refractivity contribution < 1.29 is 66.4 Å². The fraction of sp³-hybridized carbons (Fsp3) is 0.365. The van der Waals surface area contributed by atoms with Gasteiger partial charge < -0.3 is 65.0 Å². The van der Waals surface area contributed by atoms with Crippen molar-refractivity contribution in [1.82, 2.24) is 40.8 Å². The third-order valence-electron chi connectivity index (χ3n) is 16.8. The Morgan fingerprint density at radius 3 is 2.31 bits per heavy atom. The maximum Gasteiger partial charge on any atom is 0.408 e. The summed E-state index contributed by atoms with van der Waals surface area (Å²) in [6, 6.07) is 28.9. The number of likely N-dealkylation sites (N-methyl/N-ethyl adjacent to an activating group) is 1. The molecule has 1 aliphatic heterocycles. The number of carboxylic acid groups (broad SMARTS) is 1. The first-order valence-corrected chi connectivity index (χ1v) is 33.9.